The first-order valence-electron chi connectivity index (χ1n) is 4.61. The lowest BCUT2D eigenvalue weighted by atomic mass is 10.1. The molecule has 0 atom stereocenters. The van der Waals surface area contributed by atoms with Gasteiger partial charge in [-0.25, -0.2) is 0 Å². The van der Waals surface area contributed by atoms with Gasteiger partial charge in [0.05, 0.1) is 23.0 Å². The Morgan fingerprint density at radius 2 is 2.00 bits per heavy atom. The minimum absolute atomic E-state index is 0.0336. The molecule has 0 unspecified atom stereocenters. The molecule has 0 aliphatic heterocycles. The van der Waals surface area contributed by atoms with Crippen molar-refractivity contribution < 1.29 is 4.79 Å². The Morgan fingerprint density at radius 1 is 1.27 bits per heavy atom. The average Bonchev–Trinajstić information content (AvgIpc) is 2.71. The Hall–Kier alpha value is -1.91. The average molecular weight is 204 g/mol. The molecule has 0 amide bonds. The summed E-state index contributed by atoms with van der Waals surface area (Å²) in [5.41, 5.74) is 1.96. The van der Waals surface area contributed by atoms with Gasteiger partial charge < -0.3 is 0 Å². The standard InChI is InChI=1S/C10H12N4O/c1-7-9(6-14(3)12-7)10(15)8-4-11-13(2)5-8/h4-6H,1-3H3. The molecule has 2 heterocycles. The predicted octanol–water partition coefficient (Wildman–Crippen LogP) is 0.693. The third-order valence-electron chi connectivity index (χ3n) is 2.23. The van der Waals surface area contributed by atoms with Crippen LogP contribution in [-0.4, -0.2) is 25.3 Å². The molecular weight excluding hydrogens is 192 g/mol. The maximum Gasteiger partial charge on any atom is 0.199 e. The van der Waals surface area contributed by atoms with Gasteiger partial charge in [0.2, 0.25) is 0 Å². The van der Waals surface area contributed by atoms with Crippen LogP contribution in [-0.2, 0) is 14.1 Å². The summed E-state index contributed by atoms with van der Waals surface area (Å²) in [5, 5.41) is 8.10. The highest BCUT2D eigenvalue weighted by molar-refractivity contribution is 6.09. The first kappa shape index (κ1) is 9.64. The van der Waals surface area contributed by atoms with E-state index in [1.54, 1.807) is 42.0 Å². The summed E-state index contributed by atoms with van der Waals surface area (Å²) in [6, 6.07) is 0. The van der Waals surface area contributed by atoms with Gasteiger partial charge in [-0.2, -0.15) is 10.2 Å². The third-order valence-corrected chi connectivity index (χ3v) is 2.23. The van der Waals surface area contributed by atoms with Gasteiger partial charge in [0.25, 0.3) is 0 Å². The van der Waals surface area contributed by atoms with E-state index in [0.29, 0.717) is 11.1 Å². The van der Waals surface area contributed by atoms with E-state index in [2.05, 4.69) is 10.2 Å². The summed E-state index contributed by atoms with van der Waals surface area (Å²) in [4.78, 5) is 12.0. The van der Waals surface area contributed by atoms with Crippen molar-refractivity contribution in [1.29, 1.82) is 0 Å². The summed E-state index contributed by atoms with van der Waals surface area (Å²) >= 11 is 0. The van der Waals surface area contributed by atoms with E-state index in [1.165, 1.54) is 0 Å². The van der Waals surface area contributed by atoms with Gasteiger partial charge in [0, 0.05) is 26.5 Å². The van der Waals surface area contributed by atoms with E-state index >= 15 is 0 Å². The molecule has 2 aromatic heterocycles. The summed E-state index contributed by atoms with van der Waals surface area (Å²) < 4.78 is 3.25. The van der Waals surface area contributed by atoms with Crippen LogP contribution in [0.2, 0.25) is 0 Å². The number of carbonyl (C=O) groups is 1. The van der Waals surface area contributed by atoms with E-state index in [-0.39, 0.29) is 5.78 Å². The van der Waals surface area contributed by atoms with E-state index in [1.807, 2.05) is 6.92 Å². The molecule has 5 nitrogen and oxygen atoms in total. The molecule has 0 bridgehead atoms. The van der Waals surface area contributed by atoms with Crippen LogP contribution in [0, 0.1) is 6.92 Å². The fourth-order valence-electron chi connectivity index (χ4n) is 1.52. The van der Waals surface area contributed by atoms with Crippen molar-refractivity contribution in [3.8, 4) is 0 Å². The van der Waals surface area contributed by atoms with E-state index < -0.39 is 0 Å². The van der Waals surface area contributed by atoms with E-state index in [4.69, 9.17) is 0 Å². The molecule has 0 saturated carbocycles. The topological polar surface area (TPSA) is 52.7 Å². The van der Waals surface area contributed by atoms with Crippen LogP contribution in [0.15, 0.2) is 18.6 Å². The lowest BCUT2D eigenvalue weighted by Gasteiger charge is -1.93. The van der Waals surface area contributed by atoms with Crippen molar-refractivity contribution in [2.24, 2.45) is 14.1 Å². The smallest absolute Gasteiger partial charge is 0.199 e. The zero-order chi connectivity index (χ0) is 11.0. The molecule has 2 aromatic rings. The van der Waals surface area contributed by atoms with Crippen LogP contribution in [0.1, 0.15) is 21.6 Å². The SMILES string of the molecule is Cc1nn(C)cc1C(=O)c1cnn(C)c1. The first-order valence-corrected chi connectivity index (χ1v) is 4.61. The van der Waals surface area contributed by atoms with Crippen LogP contribution in [0.5, 0.6) is 0 Å². The van der Waals surface area contributed by atoms with Crippen molar-refractivity contribution in [2.75, 3.05) is 0 Å². The number of hydrogen-bond donors (Lipinski definition) is 0. The van der Waals surface area contributed by atoms with Gasteiger partial charge in [-0.15, -0.1) is 0 Å². The van der Waals surface area contributed by atoms with Crippen LogP contribution in [0.25, 0.3) is 0 Å². The maximum atomic E-state index is 12.0. The summed E-state index contributed by atoms with van der Waals surface area (Å²) in [6.07, 6.45) is 4.99. The highest BCUT2D eigenvalue weighted by atomic mass is 16.1. The van der Waals surface area contributed by atoms with Crippen molar-refractivity contribution in [3.05, 3.63) is 35.4 Å². The third kappa shape index (κ3) is 1.68. The summed E-state index contributed by atoms with van der Waals surface area (Å²) in [6.45, 7) is 1.82. The number of nitrogens with zero attached hydrogens (tertiary/aromatic N) is 4. The monoisotopic (exact) mass is 204 g/mol. The Labute approximate surface area is 87.3 Å². The van der Waals surface area contributed by atoms with Crippen LogP contribution < -0.4 is 0 Å². The van der Waals surface area contributed by atoms with Crippen molar-refractivity contribution in [1.82, 2.24) is 19.6 Å². The number of carbonyl (C=O) groups excluding carboxylic acids is 1. The molecule has 0 fully saturated rings. The Balaban J connectivity index is 2.40. The summed E-state index contributed by atoms with van der Waals surface area (Å²) in [5.74, 6) is -0.0336. The number of hydrogen-bond acceptors (Lipinski definition) is 3. The van der Waals surface area contributed by atoms with Gasteiger partial charge in [-0.1, -0.05) is 0 Å². The van der Waals surface area contributed by atoms with Crippen molar-refractivity contribution in [3.63, 3.8) is 0 Å². The molecule has 0 aromatic carbocycles. The van der Waals surface area contributed by atoms with Gasteiger partial charge in [-0.3, -0.25) is 14.2 Å². The fourth-order valence-corrected chi connectivity index (χ4v) is 1.52. The Morgan fingerprint density at radius 3 is 2.47 bits per heavy atom. The van der Waals surface area contributed by atoms with Gasteiger partial charge >= 0.3 is 0 Å². The second-order valence-corrected chi connectivity index (χ2v) is 3.53. The predicted molar refractivity (Wildman–Crippen MR) is 54.6 cm³/mol. The molecule has 0 aliphatic rings. The van der Waals surface area contributed by atoms with Crippen LogP contribution in [0.3, 0.4) is 0 Å². The number of ketones is 1. The molecule has 0 saturated heterocycles. The largest absolute Gasteiger partial charge is 0.288 e. The lowest BCUT2D eigenvalue weighted by Crippen LogP contribution is -2.00. The molecule has 0 radical (unpaired) electrons. The Bertz CT molecular complexity index is 509. The number of rotatable bonds is 2. The summed E-state index contributed by atoms with van der Waals surface area (Å²) in [7, 11) is 3.58. The molecule has 2 rings (SSSR count). The van der Waals surface area contributed by atoms with E-state index in [0.717, 1.165) is 5.69 Å². The molecule has 5 heteroatoms. The molecule has 78 valence electrons. The maximum absolute atomic E-state index is 12.0. The zero-order valence-electron chi connectivity index (χ0n) is 8.93. The minimum Gasteiger partial charge on any atom is -0.288 e. The van der Waals surface area contributed by atoms with E-state index in [9.17, 15) is 4.79 Å². The van der Waals surface area contributed by atoms with Gasteiger partial charge in [0.1, 0.15) is 0 Å². The van der Waals surface area contributed by atoms with Gasteiger partial charge in [-0.05, 0) is 6.92 Å². The first-order chi connectivity index (χ1) is 7.08. The lowest BCUT2D eigenvalue weighted by molar-refractivity contribution is 0.103. The van der Waals surface area contributed by atoms with Crippen LogP contribution >= 0.6 is 0 Å². The molecule has 0 spiro atoms. The fraction of sp³-hybridized carbons (Fsp3) is 0.300. The minimum atomic E-state index is -0.0336. The highest BCUT2D eigenvalue weighted by Crippen LogP contribution is 2.11. The zero-order valence-corrected chi connectivity index (χ0v) is 8.93. The second-order valence-electron chi connectivity index (χ2n) is 3.53. The molecular formula is C10H12N4O. The van der Waals surface area contributed by atoms with Gasteiger partial charge in [0.15, 0.2) is 5.78 Å². The number of aryl methyl sites for hydroxylation is 3. The van der Waals surface area contributed by atoms with Crippen molar-refractivity contribution >= 4 is 5.78 Å². The van der Waals surface area contributed by atoms with Crippen LogP contribution in [0.4, 0.5) is 0 Å². The molecule has 0 aliphatic carbocycles. The Kier molecular flexibility index (Phi) is 2.15. The highest BCUT2D eigenvalue weighted by Gasteiger charge is 2.15. The number of aromatic nitrogens is 4. The van der Waals surface area contributed by atoms with Crippen molar-refractivity contribution in [2.45, 2.75) is 6.92 Å². The second kappa shape index (κ2) is 3.34. The normalized spacial score (nSPS) is 10.6. The molecule has 15 heavy (non-hydrogen) atoms. The quantitative estimate of drug-likeness (QED) is 0.676. The molecule has 0 N–H and O–H groups in total.